The highest BCUT2D eigenvalue weighted by atomic mass is 16.5. The van der Waals surface area contributed by atoms with Crippen molar-refractivity contribution in [3.63, 3.8) is 0 Å². The predicted molar refractivity (Wildman–Crippen MR) is 133 cm³/mol. The van der Waals surface area contributed by atoms with E-state index in [4.69, 9.17) is 34.1 Å². The first-order valence-corrected chi connectivity index (χ1v) is 12.0. The van der Waals surface area contributed by atoms with E-state index in [1.54, 1.807) is 7.11 Å². The van der Waals surface area contributed by atoms with Gasteiger partial charge >= 0.3 is 11.9 Å². The van der Waals surface area contributed by atoms with E-state index in [2.05, 4.69) is 54.9 Å². The normalized spacial score (nSPS) is 15.2. The van der Waals surface area contributed by atoms with Crippen molar-refractivity contribution in [2.75, 3.05) is 33.4 Å². The monoisotopic (exact) mass is 501 g/mol. The lowest BCUT2D eigenvalue weighted by atomic mass is 9.91. The molecular weight excluding hydrogens is 466 g/mol. The van der Waals surface area contributed by atoms with Crippen LogP contribution in [0.1, 0.15) is 58.4 Å². The first kappa shape index (κ1) is 27.3. The van der Waals surface area contributed by atoms with E-state index < -0.39 is 11.9 Å². The Labute approximate surface area is 210 Å². The Morgan fingerprint density at radius 2 is 1.78 bits per heavy atom. The van der Waals surface area contributed by atoms with Crippen molar-refractivity contribution in [1.29, 1.82) is 0 Å². The van der Waals surface area contributed by atoms with Crippen molar-refractivity contribution < 1.29 is 29.0 Å². The highest BCUT2D eigenvalue weighted by Gasteiger charge is 2.29. The summed E-state index contributed by atoms with van der Waals surface area (Å²) in [6.07, 6.45) is 2.07. The van der Waals surface area contributed by atoms with Gasteiger partial charge in [0.1, 0.15) is 0 Å². The van der Waals surface area contributed by atoms with Crippen LogP contribution in [0.25, 0.3) is 22.5 Å². The Morgan fingerprint density at radius 1 is 1.14 bits per heavy atom. The quantitative estimate of drug-likeness (QED) is 0.460. The van der Waals surface area contributed by atoms with Crippen LogP contribution in [0.2, 0.25) is 0 Å². The molecule has 2 aromatic heterocycles. The summed E-state index contributed by atoms with van der Waals surface area (Å²) in [5.74, 6) is -2.08. The van der Waals surface area contributed by atoms with Gasteiger partial charge in [0.05, 0.1) is 12.1 Å². The minimum Gasteiger partial charge on any atom is -0.473 e. The number of fused-ring (bicyclic) bond motifs is 1. The van der Waals surface area contributed by atoms with E-state index in [0.29, 0.717) is 11.8 Å². The van der Waals surface area contributed by atoms with Crippen molar-refractivity contribution in [2.45, 2.75) is 52.5 Å². The lowest BCUT2D eigenvalue weighted by Gasteiger charge is -2.36. The zero-order valence-corrected chi connectivity index (χ0v) is 21.5. The second-order valence-electron chi connectivity index (χ2n) is 10.1. The minimum atomic E-state index is -1.82. The molecule has 11 heteroatoms. The zero-order valence-electron chi connectivity index (χ0n) is 21.5. The van der Waals surface area contributed by atoms with E-state index in [0.717, 1.165) is 61.6 Å². The highest BCUT2D eigenvalue weighted by molar-refractivity contribution is 6.27. The van der Waals surface area contributed by atoms with Crippen LogP contribution in [0.3, 0.4) is 0 Å². The maximum absolute atomic E-state index is 9.10. The number of hydrogen-bond donors (Lipinski definition) is 2. The second kappa shape index (κ2) is 11.6. The molecule has 36 heavy (non-hydrogen) atoms. The fraction of sp³-hybridized carbons (Fsp3) is 0.560. The molecule has 3 heterocycles. The summed E-state index contributed by atoms with van der Waals surface area (Å²) >= 11 is 0. The number of rotatable bonds is 7. The largest absolute Gasteiger partial charge is 0.473 e. The number of carboxylic acids is 2. The van der Waals surface area contributed by atoms with Crippen molar-refractivity contribution in [3.8, 4) is 11.6 Å². The third kappa shape index (κ3) is 6.67. The SMILES string of the molecule is COCC(C)(C)CN1CCC(c2nnc(-c3nn(C(C)C)c4ccccc34)o2)CC1.O=C(O)C(=O)O. The summed E-state index contributed by atoms with van der Waals surface area (Å²) in [7, 11) is 1.77. The van der Waals surface area contributed by atoms with Gasteiger partial charge < -0.3 is 24.3 Å². The minimum absolute atomic E-state index is 0.162. The maximum Gasteiger partial charge on any atom is 0.414 e. The number of aliphatic carboxylic acids is 2. The molecule has 0 radical (unpaired) electrons. The molecule has 1 aliphatic rings. The molecule has 1 fully saturated rings. The number of ether oxygens (including phenoxy) is 1. The van der Waals surface area contributed by atoms with Gasteiger partial charge in [0, 0.05) is 36.4 Å². The van der Waals surface area contributed by atoms with E-state index in [1.165, 1.54) is 0 Å². The Bertz CT molecular complexity index is 1160. The van der Waals surface area contributed by atoms with Gasteiger partial charge in [-0.25, -0.2) is 9.59 Å². The van der Waals surface area contributed by atoms with Crippen LogP contribution in [0.15, 0.2) is 28.7 Å². The Kier molecular flexibility index (Phi) is 8.80. The fourth-order valence-electron chi connectivity index (χ4n) is 4.52. The number of nitrogens with zero attached hydrogens (tertiary/aromatic N) is 5. The van der Waals surface area contributed by atoms with E-state index in [9.17, 15) is 0 Å². The number of likely N-dealkylation sites (tertiary alicyclic amines) is 1. The molecule has 11 nitrogen and oxygen atoms in total. The highest BCUT2D eigenvalue weighted by Crippen LogP contribution is 2.33. The van der Waals surface area contributed by atoms with Gasteiger partial charge in [-0.05, 0) is 45.8 Å². The van der Waals surface area contributed by atoms with Crippen LogP contribution < -0.4 is 0 Å². The van der Waals surface area contributed by atoms with Gasteiger partial charge in [-0.15, -0.1) is 10.2 Å². The number of aromatic nitrogens is 4. The number of benzene rings is 1. The topological polar surface area (TPSA) is 144 Å². The Balaban J connectivity index is 0.000000538. The Hall–Kier alpha value is -3.31. The van der Waals surface area contributed by atoms with Gasteiger partial charge in [-0.3, -0.25) is 4.68 Å². The van der Waals surface area contributed by atoms with E-state index in [-0.39, 0.29) is 11.5 Å². The smallest absolute Gasteiger partial charge is 0.414 e. The molecule has 3 aromatic rings. The van der Waals surface area contributed by atoms with Crippen molar-refractivity contribution in [3.05, 3.63) is 30.2 Å². The maximum atomic E-state index is 9.10. The number of methoxy groups -OCH3 is 1. The predicted octanol–water partition coefficient (Wildman–Crippen LogP) is 3.67. The van der Waals surface area contributed by atoms with Gasteiger partial charge in [-0.1, -0.05) is 32.0 Å². The molecule has 196 valence electrons. The summed E-state index contributed by atoms with van der Waals surface area (Å²) < 4.78 is 13.5. The molecule has 0 bridgehead atoms. The number of para-hydroxylation sites is 1. The summed E-state index contributed by atoms with van der Waals surface area (Å²) in [6, 6.07) is 8.48. The first-order valence-electron chi connectivity index (χ1n) is 12.0. The van der Waals surface area contributed by atoms with Crippen LogP contribution in [-0.4, -0.2) is 80.4 Å². The average Bonchev–Trinajstić information content (AvgIpc) is 3.45. The summed E-state index contributed by atoms with van der Waals surface area (Å²) in [5.41, 5.74) is 2.03. The molecular formula is C25H35N5O6. The van der Waals surface area contributed by atoms with Crippen LogP contribution in [-0.2, 0) is 14.3 Å². The molecule has 0 spiro atoms. The number of carboxylic acid groups (broad SMARTS) is 2. The van der Waals surface area contributed by atoms with Crippen molar-refractivity contribution in [2.24, 2.45) is 5.41 Å². The van der Waals surface area contributed by atoms with Crippen LogP contribution in [0.4, 0.5) is 0 Å². The van der Waals surface area contributed by atoms with Crippen molar-refractivity contribution >= 4 is 22.8 Å². The van der Waals surface area contributed by atoms with Gasteiger partial charge in [0.15, 0.2) is 5.69 Å². The van der Waals surface area contributed by atoms with E-state index in [1.807, 2.05) is 16.8 Å². The summed E-state index contributed by atoms with van der Waals surface area (Å²) in [6.45, 7) is 12.7. The number of piperidine rings is 1. The van der Waals surface area contributed by atoms with Crippen molar-refractivity contribution in [1.82, 2.24) is 24.9 Å². The fourth-order valence-corrected chi connectivity index (χ4v) is 4.52. The van der Waals surface area contributed by atoms with Crippen LogP contribution >= 0.6 is 0 Å². The third-order valence-corrected chi connectivity index (χ3v) is 6.05. The lowest BCUT2D eigenvalue weighted by Crippen LogP contribution is -2.41. The summed E-state index contributed by atoms with van der Waals surface area (Å²) in [5, 5.41) is 29.4. The zero-order chi connectivity index (χ0) is 26.5. The standard InChI is InChI=1S/C23H33N5O2.C2H2O4/c1-16(2)28-19-9-7-6-8-18(19)20(26-28)22-25-24-21(30-22)17-10-12-27(13-11-17)14-23(3,4)15-29-5;3-1(4)2(5)6/h6-9,16-17H,10-15H2,1-5H3;(H,3,4)(H,5,6). The van der Waals surface area contributed by atoms with Crippen LogP contribution in [0.5, 0.6) is 0 Å². The van der Waals surface area contributed by atoms with Gasteiger partial charge in [0.2, 0.25) is 5.89 Å². The van der Waals surface area contributed by atoms with Crippen LogP contribution in [0, 0.1) is 5.41 Å². The lowest BCUT2D eigenvalue weighted by molar-refractivity contribution is -0.159. The summed E-state index contributed by atoms with van der Waals surface area (Å²) in [4.78, 5) is 20.7. The molecule has 4 rings (SSSR count). The molecule has 1 saturated heterocycles. The van der Waals surface area contributed by atoms with Gasteiger partial charge in [0.25, 0.3) is 5.89 Å². The molecule has 0 unspecified atom stereocenters. The Morgan fingerprint density at radius 3 is 2.36 bits per heavy atom. The average molecular weight is 502 g/mol. The number of hydrogen-bond acceptors (Lipinski definition) is 8. The number of carbonyl (C=O) groups is 2. The van der Waals surface area contributed by atoms with Gasteiger partial charge in [-0.2, -0.15) is 5.10 Å². The molecule has 0 aliphatic carbocycles. The third-order valence-electron chi connectivity index (χ3n) is 6.05. The molecule has 0 atom stereocenters. The molecule has 2 N–H and O–H groups in total. The second-order valence-corrected chi connectivity index (χ2v) is 10.1. The van der Waals surface area contributed by atoms with E-state index >= 15 is 0 Å². The molecule has 1 aliphatic heterocycles. The molecule has 0 saturated carbocycles. The molecule has 1 aromatic carbocycles. The first-order chi connectivity index (χ1) is 17.0. The molecule has 0 amide bonds.